The van der Waals surface area contributed by atoms with E-state index in [0.29, 0.717) is 18.2 Å². The van der Waals surface area contributed by atoms with Crippen LogP contribution in [0.1, 0.15) is 31.2 Å². The molecule has 2 aliphatic rings. The highest BCUT2D eigenvalue weighted by molar-refractivity contribution is 5.76. The summed E-state index contributed by atoms with van der Waals surface area (Å²) in [6.45, 7) is 6.81. The number of carbonyl (C=O) groups is 1. The fourth-order valence-corrected chi connectivity index (χ4v) is 3.84. The Morgan fingerprint density at radius 1 is 1.12 bits per heavy atom. The van der Waals surface area contributed by atoms with Crippen molar-refractivity contribution in [1.82, 2.24) is 9.80 Å². The lowest BCUT2D eigenvalue weighted by molar-refractivity contribution is -0.133. The number of benzene rings is 1. The normalized spacial score (nSPS) is 22.5. The maximum atomic E-state index is 12.5. The Morgan fingerprint density at radius 3 is 2.71 bits per heavy atom. The minimum absolute atomic E-state index is 0.345. The average molecular weight is 330 g/mol. The molecule has 0 bridgehead atoms. The topological polar surface area (TPSA) is 32.8 Å². The van der Waals surface area contributed by atoms with Crippen LogP contribution in [0.15, 0.2) is 30.3 Å². The summed E-state index contributed by atoms with van der Waals surface area (Å²) in [7, 11) is 0. The summed E-state index contributed by atoms with van der Waals surface area (Å²) in [5.41, 5.74) is 1.33. The number of piperidine rings is 1. The Morgan fingerprint density at radius 2 is 1.92 bits per heavy atom. The van der Waals surface area contributed by atoms with Gasteiger partial charge in [-0.25, -0.2) is 0 Å². The Kier molecular flexibility index (Phi) is 6.67. The van der Waals surface area contributed by atoms with Crippen molar-refractivity contribution >= 4 is 5.91 Å². The lowest BCUT2D eigenvalue weighted by atomic mass is 9.96. The highest BCUT2D eigenvalue weighted by Gasteiger charge is 2.25. The number of rotatable bonds is 6. The molecule has 0 aliphatic carbocycles. The van der Waals surface area contributed by atoms with Crippen LogP contribution >= 0.6 is 0 Å². The van der Waals surface area contributed by atoms with E-state index in [-0.39, 0.29) is 0 Å². The second-order valence-corrected chi connectivity index (χ2v) is 7.10. The molecule has 1 amide bonds. The van der Waals surface area contributed by atoms with Gasteiger partial charge >= 0.3 is 0 Å². The van der Waals surface area contributed by atoms with Crippen molar-refractivity contribution in [2.75, 3.05) is 45.9 Å². The van der Waals surface area contributed by atoms with Crippen LogP contribution in [0.5, 0.6) is 0 Å². The molecule has 3 rings (SSSR count). The Hall–Kier alpha value is -1.39. The van der Waals surface area contributed by atoms with Crippen LogP contribution in [0.3, 0.4) is 0 Å². The average Bonchev–Trinajstić information content (AvgIpc) is 2.64. The highest BCUT2D eigenvalue weighted by Crippen LogP contribution is 2.19. The standard InChI is InChI=1S/C20H30N2O2/c23-20(10-4-8-18-6-2-1-3-7-18)22-11-5-9-19(17-22)16-21-12-14-24-15-13-21/h1-3,6-7,19H,4-5,8-17H2/t19-/m0/s1. The van der Waals surface area contributed by atoms with Gasteiger partial charge in [-0.15, -0.1) is 0 Å². The van der Waals surface area contributed by atoms with Crippen LogP contribution in [-0.4, -0.2) is 61.6 Å². The fourth-order valence-electron chi connectivity index (χ4n) is 3.84. The quantitative estimate of drug-likeness (QED) is 0.804. The minimum Gasteiger partial charge on any atom is -0.379 e. The summed E-state index contributed by atoms with van der Waals surface area (Å²) >= 11 is 0. The molecule has 132 valence electrons. The molecule has 2 aliphatic heterocycles. The number of likely N-dealkylation sites (tertiary alicyclic amines) is 1. The molecule has 0 unspecified atom stereocenters. The van der Waals surface area contributed by atoms with Crippen molar-refractivity contribution in [2.45, 2.75) is 32.1 Å². The summed E-state index contributed by atoms with van der Waals surface area (Å²) in [5, 5.41) is 0. The number of carbonyl (C=O) groups excluding carboxylic acids is 1. The first-order chi connectivity index (χ1) is 11.8. The molecule has 4 nitrogen and oxygen atoms in total. The van der Waals surface area contributed by atoms with Gasteiger partial charge in [0.1, 0.15) is 0 Å². The van der Waals surface area contributed by atoms with Gasteiger partial charge in [0.15, 0.2) is 0 Å². The van der Waals surface area contributed by atoms with Gasteiger partial charge in [0.25, 0.3) is 0 Å². The van der Waals surface area contributed by atoms with E-state index in [1.807, 2.05) is 6.07 Å². The van der Waals surface area contributed by atoms with E-state index >= 15 is 0 Å². The minimum atomic E-state index is 0.345. The molecule has 4 heteroatoms. The predicted molar refractivity (Wildman–Crippen MR) is 95.9 cm³/mol. The molecule has 24 heavy (non-hydrogen) atoms. The molecule has 0 spiro atoms. The first-order valence-corrected chi connectivity index (χ1v) is 9.43. The zero-order chi connectivity index (χ0) is 16.6. The third-order valence-electron chi connectivity index (χ3n) is 5.19. The van der Waals surface area contributed by atoms with Crippen molar-refractivity contribution in [3.63, 3.8) is 0 Å². The largest absolute Gasteiger partial charge is 0.379 e. The van der Waals surface area contributed by atoms with Crippen molar-refractivity contribution in [2.24, 2.45) is 5.92 Å². The first kappa shape index (κ1) is 17.4. The fraction of sp³-hybridized carbons (Fsp3) is 0.650. The smallest absolute Gasteiger partial charge is 0.222 e. The van der Waals surface area contributed by atoms with Crippen LogP contribution in [0, 0.1) is 5.92 Å². The summed E-state index contributed by atoms with van der Waals surface area (Å²) < 4.78 is 5.42. The molecule has 2 saturated heterocycles. The molecule has 1 aromatic rings. The van der Waals surface area contributed by atoms with E-state index in [0.717, 1.165) is 65.2 Å². The maximum absolute atomic E-state index is 12.5. The molecule has 1 aromatic carbocycles. The predicted octanol–water partition coefficient (Wildman–Crippen LogP) is 2.58. The third-order valence-corrected chi connectivity index (χ3v) is 5.19. The van der Waals surface area contributed by atoms with Gasteiger partial charge in [-0.3, -0.25) is 9.69 Å². The lowest BCUT2D eigenvalue weighted by Gasteiger charge is -2.36. The number of nitrogens with zero attached hydrogens (tertiary/aromatic N) is 2. The number of amides is 1. The number of hydrogen-bond donors (Lipinski definition) is 0. The Bertz CT molecular complexity index is 500. The molecule has 1 atom stereocenters. The number of morpholine rings is 1. The van der Waals surface area contributed by atoms with Gasteiger partial charge in [0.05, 0.1) is 13.2 Å². The lowest BCUT2D eigenvalue weighted by Crippen LogP contribution is -2.46. The van der Waals surface area contributed by atoms with Crippen molar-refractivity contribution in [3.8, 4) is 0 Å². The highest BCUT2D eigenvalue weighted by atomic mass is 16.5. The van der Waals surface area contributed by atoms with Crippen LogP contribution in [-0.2, 0) is 16.0 Å². The van der Waals surface area contributed by atoms with E-state index in [1.165, 1.54) is 12.0 Å². The maximum Gasteiger partial charge on any atom is 0.222 e. The third kappa shape index (κ3) is 5.32. The summed E-state index contributed by atoms with van der Waals surface area (Å²) in [6.07, 6.45) is 5.04. The Balaban J connectivity index is 1.39. The Labute approximate surface area is 145 Å². The van der Waals surface area contributed by atoms with E-state index in [4.69, 9.17) is 4.74 Å². The van der Waals surface area contributed by atoms with E-state index in [2.05, 4.69) is 34.1 Å². The van der Waals surface area contributed by atoms with Gasteiger partial charge in [-0.05, 0) is 37.2 Å². The molecule has 0 aromatic heterocycles. The molecule has 2 heterocycles. The second-order valence-electron chi connectivity index (χ2n) is 7.10. The summed E-state index contributed by atoms with van der Waals surface area (Å²) in [6, 6.07) is 10.5. The SMILES string of the molecule is O=C(CCCc1ccccc1)N1CCC[C@@H](CN2CCOCC2)C1. The molecule has 2 fully saturated rings. The number of ether oxygens (including phenoxy) is 1. The van der Waals surface area contributed by atoms with Crippen LogP contribution in [0.4, 0.5) is 0 Å². The van der Waals surface area contributed by atoms with Gasteiger partial charge in [-0.1, -0.05) is 30.3 Å². The van der Waals surface area contributed by atoms with Gasteiger partial charge in [-0.2, -0.15) is 0 Å². The summed E-state index contributed by atoms with van der Waals surface area (Å²) in [4.78, 5) is 17.1. The van der Waals surface area contributed by atoms with Crippen LogP contribution in [0.2, 0.25) is 0 Å². The monoisotopic (exact) mass is 330 g/mol. The second kappa shape index (κ2) is 9.19. The van der Waals surface area contributed by atoms with Crippen LogP contribution in [0.25, 0.3) is 0 Å². The van der Waals surface area contributed by atoms with Gasteiger partial charge in [0.2, 0.25) is 5.91 Å². The number of hydrogen-bond acceptors (Lipinski definition) is 3. The number of aryl methyl sites for hydroxylation is 1. The first-order valence-electron chi connectivity index (χ1n) is 9.43. The van der Waals surface area contributed by atoms with Crippen molar-refractivity contribution < 1.29 is 9.53 Å². The molecular formula is C20H30N2O2. The van der Waals surface area contributed by atoms with Crippen molar-refractivity contribution in [3.05, 3.63) is 35.9 Å². The zero-order valence-corrected chi connectivity index (χ0v) is 14.7. The summed E-state index contributed by atoms with van der Waals surface area (Å²) in [5.74, 6) is 0.979. The zero-order valence-electron chi connectivity index (χ0n) is 14.7. The van der Waals surface area contributed by atoms with Gasteiger partial charge < -0.3 is 9.64 Å². The molecule has 0 radical (unpaired) electrons. The van der Waals surface area contributed by atoms with E-state index in [9.17, 15) is 4.79 Å². The molecule has 0 saturated carbocycles. The van der Waals surface area contributed by atoms with Crippen molar-refractivity contribution in [1.29, 1.82) is 0 Å². The molecular weight excluding hydrogens is 300 g/mol. The van der Waals surface area contributed by atoms with Crippen LogP contribution < -0.4 is 0 Å². The van der Waals surface area contributed by atoms with Gasteiger partial charge in [0, 0.05) is 39.1 Å². The van der Waals surface area contributed by atoms with E-state index < -0.39 is 0 Å². The van der Waals surface area contributed by atoms with E-state index in [1.54, 1.807) is 0 Å². The molecule has 0 N–H and O–H groups in total.